The predicted molar refractivity (Wildman–Crippen MR) is 90.5 cm³/mol. The van der Waals surface area contributed by atoms with Crippen molar-refractivity contribution in [3.05, 3.63) is 70.4 Å². The number of aromatic nitrogens is 3. The van der Waals surface area contributed by atoms with Crippen LogP contribution in [0.25, 0.3) is 11.5 Å². The summed E-state index contributed by atoms with van der Waals surface area (Å²) in [7, 11) is 1.97. The Morgan fingerprint density at radius 2 is 1.84 bits per heavy atom. The van der Waals surface area contributed by atoms with Crippen LogP contribution in [0, 0.1) is 10.1 Å². The molecule has 1 unspecified atom stereocenters. The Balaban J connectivity index is 1.70. The molecule has 1 aromatic carbocycles. The summed E-state index contributed by atoms with van der Waals surface area (Å²) in [5.41, 5.74) is 1.82. The smallest absolute Gasteiger partial charge is 0.269 e. The van der Waals surface area contributed by atoms with Gasteiger partial charge in [-0.1, -0.05) is 0 Å². The van der Waals surface area contributed by atoms with E-state index in [-0.39, 0.29) is 11.7 Å². The lowest BCUT2D eigenvalue weighted by Gasteiger charge is -2.23. The third-order valence-corrected chi connectivity index (χ3v) is 4.03. The number of nitro groups is 1. The summed E-state index contributed by atoms with van der Waals surface area (Å²) in [4.78, 5) is 16.4. The number of benzene rings is 1. The van der Waals surface area contributed by atoms with E-state index in [2.05, 4.69) is 27.0 Å². The summed E-state index contributed by atoms with van der Waals surface area (Å²) in [5.74, 6) is 0.826. The van der Waals surface area contributed by atoms with Crippen LogP contribution in [0.4, 0.5) is 5.69 Å². The lowest BCUT2D eigenvalue weighted by molar-refractivity contribution is -0.384. The molecule has 0 radical (unpaired) electrons. The first kappa shape index (κ1) is 16.7. The quantitative estimate of drug-likeness (QED) is 0.502. The first-order valence-corrected chi connectivity index (χ1v) is 7.72. The summed E-state index contributed by atoms with van der Waals surface area (Å²) in [6.45, 7) is 2.58. The third kappa shape index (κ3) is 3.86. The van der Waals surface area contributed by atoms with Gasteiger partial charge in [0.15, 0.2) is 0 Å². The van der Waals surface area contributed by atoms with Crippen LogP contribution in [-0.2, 0) is 6.54 Å². The highest BCUT2D eigenvalue weighted by Crippen LogP contribution is 2.23. The van der Waals surface area contributed by atoms with Crippen molar-refractivity contribution < 1.29 is 9.34 Å². The van der Waals surface area contributed by atoms with E-state index in [1.165, 1.54) is 12.1 Å². The number of nitro benzene ring substituents is 1. The summed E-state index contributed by atoms with van der Waals surface area (Å²) in [5, 5.41) is 18.8. The number of pyridine rings is 1. The largest absolute Gasteiger partial charge is 0.419 e. The second kappa shape index (κ2) is 7.18. The normalized spacial score (nSPS) is 12.3. The minimum atomic E-state index is -0.446. The number of non-ortho nitro benzene ring substituents is 1. The van der Waals surface area contributed by atoms with Gasteiger partial charge in [0, 0.05) is 36.1 Å². The van der Waals surface area contributed by atoms with E-state index in [1.807, 2.05) is 19.2 Å². The fourth-order valence-corrected chi connectivity index (χ4v) is 2.41. The van der Waals surface area contributed by atoms with E-state index in [4.69, 9.17) is 4.42 Å². The maximum Gasteiger partial charge on any atom is 0.269 e. The van der Waals surface area contributed by atoms with Crippen molar-refractivity contribution in [1.29, 1.82) is 0 Å². The van der Waals surface area contributed by atoms with Gasteiger partial charge in [-0.2, -0.15) is 0 Å². The van der Waals surface area contributed by atoms with E-state index < -0.39 is 4.92 Å². The van der Waals surface area contributed by atoms with E-state index >= 15 is 0 Å². The molecule has 8 heteroatoms. The maximum atomic E-state index is 10.7. The lowest BCUT2D eigenvalue weighted by Crippen LogP contribution is -2.22. The molecule has 8 nitrogen and oxygen atoms in total. The highest BCUT2D eigenvalue weighted by Gasteiger charge is 2.16. The second-order valence-corrected chi connectivity index (χ2v) is 5.68. The van der Waals surface area contributed by atoms with Crippen LogP contribution in [0.1, 0.15) is 24.4 Å². The Morgan fingerprint density at radius 3 is 2.48 bits per heavy atom. The molecule has 0 saturated carbocycles. The molecular weight excluding hydrogens is 322 g/mol. The predicted octanol–water partition coefficient (Wildman–Crippen LogP) is 3.23. The molecule has 0 amide bonds. The zero-order valence-electron chi connectivity index (χ0n) is 13.9. The van der Waals surface area contributed by atoms with Gasteiger partial charge in [0.05, 0.1) is 11.5 Å². The summed E-state index contributed by atoms with van der Waals surface area (Å²) in [6, 6.07) is 10.1. The SMILES string of the molecule is CC(c1ccncc1)N(C)Cc1nnc(-c2ccc([N+](=O)[O-])cc2)o1. The zero-order valence-corrected chi connectivity index (χ0v) is 13.9. The van der Waals surface area contributed by atoms with Crippen LogP contribution in [0.3, 0.4) is 0 Å². The Bertz CT molecular complexity index is 848. The molecule has 0 bridgehead atoms. The molecule has 0 aliphatic rings. The minimum Gasteiger partial charge on any atom is -0.419 e. The molecule has 2 heterocycles. The van der Waals surface area contributed by atoms with E-state index in [0.29, 0.717) is 23.9 Å². The van der Waals surface area contributed by atoms with Crippen molar-refractivity contribution in [2.45, 2.75) is 19.5 Å². The van der Waals surface area contributed by atoms with E-state index in [0.717, 1.165) is 5.56 Å². The van der Waals surface area contributed by atoms with Crippen LogP contribution in [0.5, 0.6) is 0 Å². The molecule has 0 aliphatic heterocycles. The number of hydrogen-bond acceptors (Lipinski definition) is 7. The van der Waals surface area contributed by atoms with Gasteiger partial charge in [-0.25, -0.2) is 0 Å². The van der Waals surface area contributed by atoms with Crippen LogP contribution in [-0.4, -0.2) is 32.1 Å². The zero-order chi connectivity index (χ0) is 17.8. The molecule has 3 aromatic rings. The molecule has 2 aromatic heterocycles. The fraction of sp³-hybridized carbons (Fsp3) is 0.235. The molecule has 25 heavy (non-hydrogen) atoms. The molecule has 0 aliphatic carbocycles. The van der Waals surface area contributed by atoms with Gasteiger partial charge in [-0.05, 0) is 43.8 Å². The average Bonchev–Trinajstić information content (AvgIpc) is 3.10. The number of rotatable bonds is 6. The van der Waals surface area contributed by atoms with Crippen molar-refractivity contribution in [1.82, 2.24) is 20.1 Å². The molecule has 0 saturated heterocycles. The standard InChI is InChI=1S/C17H17N5O3/c1-12(13-7-9-18-10-8-13)21(2)11-16-19-20-17(25-16)14-3-5-15(6-4-14)22(23)24/h3-10,12H,11H2,1-2H3. The molecule has 3 rings (SSSR count). The number of nitrogens with zero attached hydrogens (tertiary/aromatic N) is 5. The van der Waals surface area contributed by atoms with Crippen LogP contribution in [0.2, 0.25) is 0 Å². The molecular formula is C17H17N5O3. The summed E-state index contributed by atoms with van der Waals surface area (Å²) >= 11 is 0. The van der Waals surface area contributed by atoms with Gasteiger partial charge in [0.1, 0.15) is 0 Å². The Morgan fingerprint density at radius 1 is 1.16 bits per heavy atom. The third-order valence-electron chi connectivity index (χ3n) is 4.03. The topological polar surface area (TPSA) is 98.2 Å². The van der Waals surface area contributed by atoms with Crippen molar-refractivity contribution in [2.75, 3.05) is 7.05 Å². The van der Waals surface area contributed by atoms with Crippen molar-refractivity contribution in [3.63, 3.8) is 0 Å². The second-order valence-electron chi connectivity index (χ2n) is 5.68. The average molecular weight is 339 g/mol. The van der Waals surface area contributed by atoms with Crippen LogP contribution >= 0.6 is 0 Å². The molecule has 0 N–H and O–H groups in total. The van der Waals surface area contributed by atoms with Gasteiger partial charge in [0.2, 0.25) is 11.8 Å². The van der Waals surface area contributed by atoms with E-state index in [9.17, 15) is 10.1 Å². The van der Waals surface area contributed by atoms with Crippen molar-refractivity contribution in [2.24, 2.45) is 0 Å². The van der Waals surface area contributed by atoms with E-state index in [1.54, 1.807) is 24.5 Å². The Hall–Kier alpha value is -3.13. The Labute approximate surface area is 144 Å². The first-order valence-electron chi connectivity index (χ1n) is 7.72. The van der Waals surface area contributed by atoms with Gasteiger partial charge < -0.3 is 4.42 Å². The maximum absolute atomic E-state index is 10.7. The Kier molecular flexibility index (Phi) is 4.80. The van der Waals surface area contributed by atoms with Gasteiger partial charge in [-0.3, -0.25) is 20.0 Å². The highest BCUT2D eigenvalue weighted by molar-refractivity contribution is 5.55. The van der Waals surface area contributed by atoms with Crippen LogP contribution in [0.15, 0.2) is 53.2 Å². The van der Waals surface area contributed by atoms with Crippen molar-refractivity contribution in [3.8, 4) is 11.5 Å². The first-order chi connectivity index (χ1) is 12.0. The molecule has 1 atom stereocenters. The minimum absolute atomic E-state index is 0.0226. The van der Waals surface area contributed by atoms with Gasteiger partial charge in [0.25, 0.3) is 5.69 Å². The molecule has 128 valence electrons. The highest BCUT2D eigenvalue weighted by atomic mass is 16.6. The summed E-state index contributed by atoms with van der Waals surface area (Å²) < 4.78 is 5.68. The van der Waals surface area contributed by atoms with Gasteiger partial charge in [-0.15, -0.1) is 10.2 Å². The van der Waals surface area contributed by atoms with Crippen molar-refractivity contribution >= 4 is 5.69 Å². The van der Waals surface area contributed by atoms with Crippen LogP contribution < -0.4 is 0 Å². The monoisotopic (exact) mass is 339 g/mol. The molecule has 0 fully saturated rings. The lowest BCUT2D eigenvalue weighted by atomic mass is 10.1. The summed E-state index contributed by atoms with van der Waals surface area (Å²) in [6.07, 6.45) is 3.53. The van der Waals surface area contributed by atoms with Gasteiger partial charge >= 0.3 is 0 Å². The fourth-order valence-electron chi connectivity index (χ4n) is 2.41. The molecule has 0 spiro atoms. The number of hydrogen-bond donors (Lipinski definition) is 0.